The highest BCUT2D eigenvalue weighted by Crippen LogP contribution is 2.21. The molecule has 0 aromatic heterocycles. The van der Waals surface area contributed by atoms with Gasteiger partial charge in [0.1, 0.15) is 0 Å². The number of anilines is 1. The molecule has 0 saturated heterocycles. The molecule has 4 nitrogen and oxygen atoms in total. The molecule has 0 heterocycles. The number of aliphatic carboxylic acids is 1. The quantitative estimate of drug-likeness (QED) is 0.708. The van der Waals surface area contributed by atoms with E-state index in [0.29, 0.717) is 12.6 Å². The Bertz CT molecular complexity index is 450. The number of carboxylic acids is 1. The third-order valence-corrected chi connectivity index (χ3v) is 3.56. The van der Waals surface area contributed by atoms with Crippen LogP contribution in [-0.2, 0) is 9.53 Å². The van der Waals surface area contributed by atoms with E-state index in [1.165, 1.54) is 0 Å². The number of carbonyl (C=O) groups is 1. The van der Waals surface area contributed by atoms with Crippen molar-refractivity contribution >= 4 is 17.7 Å². The molecule has 1 aromatic rings. The van der Waals surface area contributed by atoms with Crippen LogP contribution in [0.4, 0.5) is 5.69 Å². The van der Waals surface area contributed by atoms with Gasteiger partial charge in [-0.2, -0.15) is 0 Å². The van der Waals surface area contributed by atoms with Gasteiger partial charge in [0, 0.05) is 31.5 Å². The predicted molar refractivity (Wildman–Crippen MR) is 86.7 cm³/mol. The van der Waals surface area contributed by atoms with E-state index >= 15 is 0 Å². The number of nitrogens with zero attached hydrogens (tertiary/aromatic N) is 1. The summed E-state index contributed by atoms with van der Waals surface area (Å²) in [6.07, 6.45) is 4.92. The van der Waals surface area contributed by atoms with E-state index in [9.17, 15) is 4.79 Å². The van der Waals surface area contributed by atoms with Crippen LogP contribution in [0.1, 0.15) is 32.3 Å². The van der Waals surface area contributed by atoms with Gasteiger partial charge in [0.2, 0.25) is 0 Å². The van der Waals surface area contributed by atoms with Crippen LogP contribution in [0.3, 0.4) is 0 Å². The zero-order chi connectivity index (χ0) is 15.7. The molecule has 0 spiro atoms. The minimum absolute atomic E-state index is 0.487. The first-order valence-corrected chi connectivity index (χ1v) is 7.39. The maximum Gasteiger partial charge on any atom is 0.328 e. The van der Waals surface area contributed by atoms with E-state index in [0.717, 1.165) is 36.7 Å². The van der Waals surface area contributed by atoms with E-state index < -0.39 is 5.97 Å². The minimum atomic E-state index is -0.933. The lowest BCUT2D eigenvalue weighted by molar-refractivity contribution is -0.131. The molecular formula is C17H25NO3. The smallest absolute Gasteiger partial charge is 0.328 e. The highest BCUT2D eigenvalue weighted by Gasteiger charge is 2.15. The van der Waals surface area contributed by atoms with Gasteiger partial charge >= 0.3 is 5.97 Å². The molecule has 0 fully saturated rings. The van der Waals surface area contributed by atoms with E-state index in [1.54, 1.807) is 13.2 Å². The van der Waals surface area contributed by atoms with Crippen molar-refractivity contribution in [2.75, 3.05) is 25.2 Å². The Morgan fingerprint density at radius 1 is 1.29 bits per heavy atom. The van der Waals surface area contributed by atoms with Gasteiger partial charge in [-0.05, 0) is 36.6 Å². The summed E-state index contributed by atoms with van der Waals surface area (Å²) in [5, 5.41) is 8.64. The molecule has 0 bridgehead atoms. The lowest BCUT2D eigenvalue weighted by atomic mass is 10.1. The Hall–Kier alpha value is -1.81. The fourth-order valence-corrected chi connectivity index (χ4v) is 2.39. The molecule has 1 rings (SSSR count). The van der Waals surface area contributed by atoms with Gasteiger partial charge in [0.25, 0.3) is 0 Å². The van der Waals surface area contributed by atoms with Crippen molar-refractivity contribution < 1.29 is 14.6 Å². The first-order valence-electron chi connectivity index (χ1n) is 7.39. The van der Waals surface area contributed by atoms with Gasteiger partial charge in [-0.25, -0.2) is 4.79 Å². The summed E-state index contributed by atoms with van der Waals surface area (Å²) in [5.74, 6) is -0.933. The van der Waals surface area contributed by atoms with Crippen LogP contribution in [-0.4, -0.2) is 37.4 Å². The molecule has 0 saturated carbocycles. The Kier molecular flexibility index (Phi) is 7.54. The van der Waals surface area contributed by atoms with Gasteiger partial charge in [-0.15, -0.1) is 0 Å². The average molecular weight is 291 g/mol. The second-order valence-corrected chi connectivity index (χ2v) is 4.92. The third-order valence-electron chi connectivity index (χ3n) is 3.56. The van der Waals surface area contributed by atoms with Crippen molar-refractivity contribution in [3.05, 3.63) is 35.9 Å². The molecule has 1 N–H and O–H groups in total. The summed E-state index contributed by atoms with van der Waals surface area (Å²) in [4.78, 5) is 12.9. The Balaban J connectivity index is 2.89. The molecule has 21 heavy (non-hydrogen) atoms. The first kappa shape index (κ1) is 17.2. The zero-order valence-electron chi connectivity index (χ0n) is 13.1. The van der Waals surface area contributed by atoms with Gasteiger partial charge < -0.3 is 14.7 Å². The molecule has 0 amide bonds. The number of ether oxygens (including phenoxy) is 1. The fourth-order valence-electron chi connectivity index (χ4n) is 2.39. The van der Waals surface area contributed by atoms with Gasteiger partial charge in [-0.1, -0.05) is 26.0 Å². The fraction of sp³-hybridized carbons (Fsp3) is 0.471. The van der Waals surface area contributed by atoms with Crippen LogP contribution < -0.4 is 4.90 Å². The van der Waals surface area contributed by atoms with E-state index in [1.807, 2.05) is 24.3 Å². The second kappa shape index (κ2) is 9.19. The number of rotatable bonds is 9. The lowest BCUT2D eigenvalue weighted by Crippen LogP contribution is -2.37. The molecular weight excluding hydrogens is 266 g/mol. The third kappa shape index (κ3) is 5.60. The van der Waals surface area contributed by atoms with Crippen molar-refractivity contribution in [2.45, 2.75) is 32.7 Å². The van der Waals surface area contributed by atoms with E-state index in [-0.39, 0.29) is 0 Å². The van der Waals surface area contributed by atoms with Crippen LogP contribution in [0.25, 0.3) is 6.08 Å². The summed E-state index contributed by atoms with van der Waals surface area (Å²) in [5.41, 5.74) is 2.03. The van der Waals surface area contributed by atoms with Crippen molar-refractivity contribution in [2.24, 2.45) is 0 Å². The largest absolute Gasteiger partial charge is 0.478 e. The molecule has 0 unspecified atom stereocenters. The number of benzene rings is 1. The molecule has 0 atom stereocenters. The number of methoxy groups -OCH3 is 1. The molecule has 116 valence electrons. The second-order valence-electron chi connectivity index (χ2n) is 4.92. The monoisotopic (exact) mass is 291 g/mol. The summed E-state index contributed by atoms with van der Waals surface area (Å²) < 4.78 is 5.20. The molecule has 0 radical (unpaired) electrons. The molecule has 0 aliphatic rings. The van der Waals surface area contributed by atoms with E-state index in [2.05, 4.69) is 18.7 Å². The average Bonchev–Trinajstić information content (AvgIpc) is 2.50. The van der Waals surface area contributed by atoms with Gasteiger partial charge in [-0.3, -0.25) is 0 Å². The highest BCUT2D eigenvalue weighted by atomic mass is 16.5. The van der Waals surface area contributed by atoms with Gasteiger partial charge in [0.05, 0.1) is 6.61 Å². The summed E-state index contributed by atoms with van der Waals surface area (Å²) in [7, 11) is 1.71. The SMILES string of the molecule is CCC(CC)N(CCOC)c1ccc(C=CC(=O)O)cc1. The maximum atomic E-state index is 10.5. The van der Waals surface area contributed by atoms with Gasteiger partial charge in [0.15, 0.2) is 0 Å². The predicted octanol–water partition coefficient (Wildman–Crippen LogP) is 3.43. The van der Waals surface area contributed by atoms with E-state index in [4.69, 9.17) is 9.84 Å². The van der Waals surface area contributed by atoms with Crippen molar-refractivity contribution in [3.8, 4) is 0 Å². The normalized spacial score (nSPS) is 11.2. The maximum absolute atomic E-state index is 10.5. The number of hydrogen-bond donors (Lipinski definition) is 1. The zero-order valence-corrected chi connectivity index (χ0v) is 13.1. The topological polar surface area (TPSA) is 49.8 Å². The van der Waals surface area contributed by atoms with Crippen LogP contribution >= 0.6 is 0 Å². The minimum Gasteiger partial charge on any atom is -0.478 e. The molecule has 1 aromatic carbocycles. The van der Waals surface area contributed by atoms with Crippen molar-refractivity contribution in [3.63, 3.8) is 0 Å². The standard InChI is InChI=1S/C17H25NO3/c1-4-15(5-2)18(12-13-21-3)16-9-6-14(7-10-16)8-11-17(19)20/h6-11,15H,4-5,12-13H2,1-3H3,(H,19,20). The Morgan fingerprint density at radius 3 is 2.38 bits per heavy atom. The lowest BCUT2D eigenvalue weighted by Gasteiger charge is -2.32. The highest BCUT2D eigenvalue weighted by molar-refractivity contribution is 5.85. The summed E-state index contributed by atoms with van der Waals surface area (Å²) in [6.45, 7) is 5.93. The number of carboxylic acid groups (broad SMARTS) is 1. The van der Waals surface area contributed by atoms with Crippen molar-refractivity contribution in [1.29, 1.82) is 0 Å². The van der Waals surface area contributed by atoms with Crippen molar-refractivity contribution in [1.82, 2.24) is 0 Å². The molecule has 0 aliphatic carbocycles. The number of hydrogen-bond acceptors (Lipinski definition) is 3. The summed E-state index contributed by atoms with van der Waals surface area (Å²) in [6, 6.07) is 8.44. The Morgan fingerprint density at radius 2 is 1.90 bits per heavy atom. The van der Waals surface area contributed by atoms with Crippen LogP contribution in [0.15, 0.2) is 30.3 Å². The van der Waals surface area contributed by atoms with Crippen LogP contribution in [0.5, 0.6) is 0 Å². The van der Waals surface area contributed by atoms with Crippen LogP contribution in [0.2, 0.25) is 0 Å². The summed E-state index contributed by atoms with van der Waals surface area (Å²) >= 11 is 0. The first-order chi connectivity index (χ1) is 10.1. The van der Waals surface area contributed by atoms with Crippen LogP contribution in [0, 0.1) is 0 Å². The Labute approximate surface area is 127 Å². The molecule has 4 heteroatoms. The molecule has 0 aliphatic heterocycles.